The fraction of sp³-hybridized carbons (Fsp3) is 1.00. The van der Waals surface area contributed by atoms with Gasteiger partial charge in [-0.25, -0.2) is 0 Å². The molecule has 0 radical (unpaired) electrons. The Kier molecular flexibility index (Phi) is 5.93. The number of piperidine rings is 2. The van der Waals surface area contributed by atoms with E-state index in [-0.39, 0.29) is 0 Å². The first-order chi connectivity index (χ1) is 8.79. The molecule has 0 saturated carbocycles. The highest BCUT2D eigenvalue weighted by molar-refractivity contribution is 4.82. The average Bonchev–Trinajstić information content (AvgIpc) is 2.40. The summed E-state index contributed by atoms with van der Waals surface area (Å²) >= 11 is 0. The van der Waals surface area contributed by atoms with Crippen molar-refractivity contribution in [1.82, 2.24) is 15.1 Å². The zero-order valence-corrected chi connectivity index (χ0v) is 12.3. The van der Waals surface area contributed by atoms with Crippen molar-refractivity contribution in [3.05, 3.63) is 0 Å². The van der Waals surface area contributed by atoms with E-state index in [1.807, 2.05) is 0 Å². The van der Waals surface area contributed by atoms with Crippen molar-refractivity contribution >= 4 is 0 Å². The van der Waals surface area contributed by atoms with Crippen molar-refractivity contribution < 1.29 is 0 Å². The summed E-state index contributed by atoms with van der Waals surface area (Å²) in [6, 6.07) is 1.46. The van der Waals surface area contributed by atoms with Crippen LogP contribution in [0.3, 0.4) is 0 Å². The van der Waals surface area contributed by atoms with Gasteiger partial charge in [0.25, 0.3) is 0 Å². The molecule has 0 aromatic carbocycles. The predicted molar refractivity (Wildman–Crippen MR) is 78.0 cm³/mol. The first-order valence-corrected chi connectivity index (χ1v) is 7.99. The van der Waals surface area contributed by atoms with Crippen molar-refractivity contribution in [2.24, 2.45) is 0 Å². The minimum absolute atomic E-state index is 0.726. The SMILES string of the molecule is CCNC1CCCN(C(C)CN2CCCCC2)C1. The molecular formula is C15H31N3. The van der Waals surface area contributed by atoms with Gasteiger partial charge in [0.15, 0.2) is 0 Å². The number of rotatable bonds is 5. The number of likely N-dealkylation sites (N-methyl/N-ethyl adjacent to an activating group) is 1. The van der Waals surface area contributed by atoms with Crippen LogP contribution in [0.2, 0.25) is 0 Å². The van der Waals surface area contributed by atoms with Gasteiger partial charge < -0.3 is 10.2 Å². The Balaban J connectivity index is 1.74. The molecule has 3 heteroatoms. The summed E-state index contributed by atoms with van der Waals surface area (Å²) < 4.78 is 0. The van der Waals surface area contributed by atoms with Gasteiger partial charge in [0.05, 0.1) is 0 Å². The molecule has 18 heavy (non-hydrogen) atoms. The maximum atomic E-state index is 3.62. The van der Waals surface area contributed by atoms with Crippen LogP contribution in [-0.4, -0.2) is 61.2 Å². The largest absolute Gasteiger partial charge is 0.313 e. The molecule has 2 aliphatic rings. The normalized spacial score (nSPS) is 29.3. The van der Waals surface area contributed by atoms with Crippen LogP contribution >= 0.6 is 0 Å². The van der Waals surface area contributed by atoms with Gasteiger partial charge in [-0.3, -0.25) is 4.90 Å². The smallest absolute Gasteiger partial charge is 0.0195 e. The van der Waals surface area contributed by atoms with E-state index in [0.717, 1.165) is 18.6 Å². The highest BCUT2D eigenvalue weighted by Crippen LogP contribution is 2.15. The van der Waals surface area contributed by atoms with Gasteiger partial charge in [-0.05, 0) is 58.8 Å². The summed E-state index contributed by atoms with van der Waals surface area (Å²) in [6.07, 6.45) is 6.99. The van der Waals surface area contributed by atoms with Gasteiger partial charge in [0.2, 0.25) is 0 Å². The van der Waals surface area contributed by atoms with Crippen LogP contribution in [0.1, 0.15) is 46.0 Å². The van der Waals surface area contributed by atoms with Crippen molar-refractivity contribution in [1.29, 1.82) is 0 Å². The minimum atomic E-state index is 0.726. The quantitative estimate of drug-likeness (QED) is 0.808. The minimum Gasteiger partial charge on any atom is -0.313 e. The summed E-state index contributed by atoms with van der Waals surface area (Å²) in [5.41, 5.74) is 0. The Labute approximate surface area is 113 Å². The molecule has 2 heterocycles. The summed E-state index contributed by atoms with van der Waals surface area (Å²) in [4.78, 5) is 5.37. The molecule has 2 fully saturated rings. The molecule has 0 aromatic heterocycles. The standard InChI is InChI=1S/C15H31N3/c1-3-16-15-8-7-11-18(13-15)14(2)12-17-9-5-4-6-10-17/h14-16H,3-13H2,1-2H3. The molecular weight excluding hydrogens is 222 g/mol. The van der Waals surface area contributed by atoms with Gasteiger partial charge in [-0.15, -0.1) is 0 Å². The van der Waals surface area contributed by atoms with Gasteiger partial charge in [-0.2, -0.15) is 0 Å². The van der Waals surface area contributed by atoms with Gasteiger partial charge in [0, 0.05) is 25.2 Å². The van der Waals surface area contributed by atoms with E-state index < -0.39 is 0 Å². The molecule has 0 spiro atoms. The van der Waals surface area contributed by atoms with Crippen molar-refractivity contribution in [3.63, 3.8) is 0 Å². The van der Waals surface area contributed by atoms with Gasteiger partial charge in [0.1, 0.15) is 0 Å². The van der Waals surface area contributed by atoms with E-state index in [1.54, 1.807) is 0 Å². The van der Waals surface area contributed by atoms with E-state index in [2.05, 4.69) is 29.0 Å². The third-order valence-corrected chi connectivity index (χ3v) is 4.54. The lowest BCUT2D eigenvalue weighted by Gasteiger charge is -2.39. The molecule has 2 atom stereocenters. The summed E-state index contributed by atoms with van der Waals surface area (Å²) in [5, 5.41) is 3.62. The maximum Gasteiger partial charge on any atom is 0.0195 e. The maximum absolute atomic E-state index is 3.62. The van der Waals surface area contributed by atoms with Crippen LogP contribution in [0.5, 0.6) is 0 Å². The van der Waals surface area contributed by atoms with E-state index >= 15 is 0 Å². The Morgan fingerprint density at radius 3 is 2.61 bits per heavy atom. The van der Waals surface area contributed by atoms with E-state index in [9.17, 15) is 0 Å². The van der Waals surface area contributed by atoms with E-state index in [4.69, 9.17) is 0 Å². The molecule has 0 aliphatic carbocycles. The molecule has 3 nitrogen and oxygen atoms in total. The third kappa shape index (κ3) is 4.22. The Bertz CT molecular complexity index is 224. The van der Waals surface area contributed by atoms with Crippen molar-refractivity contribution in [3.8, 4) is 0 Å². The molecule has 2 aliphatic heterocycles. The first-order valence-electron chi connectivity index (χ1n) is 7.99. The van der Waals surface area contributed by atoms with Crippen LogP contribution in [0.25, 0.3) is 0 Å². The summed E-state index contributed by atoms with van der Waals surface area (Å²) in [6.45, 7) is 12.2. The van der Waals surface area contributed by atoms with Crippen LogP contribution in [0.4, 0.5) is 0 Å². The lowest BCUT2D eigenvalue weighted by atomic mass is 10.0. The van der Waals surface area contributed by atoms with Crippen molar-refractivity contribution in [2.45, 2.75) is 58.0 Å². The van der Waals surface area contributed by atoms with Crippen LogP contribution in [0.15, 0.2) is 0 Å². The zero-order valence-electron chi connectivity index (χ0n) is 12.3. The van der Waals surface area contributed by atoms with Gasteiger partial charge >= 0.3 is 0 Å². The average molecular weight is 253 g/mol. The number of nitrogens with one attached hydrogen (secondary N) is 1. The summed E-state index contributed by atoms with van der Waals surface area (Å²) in [5.74, 6) is 0. The molecule has 0 amide bonds. The second-order valence-electron chi connectivity index (χ2n) is 6.10. The van der Waals surface area contributed by atoms with E-state index in [1.165, 1.54) is 64.8 Å². The summed E-state index contributed by atoms with van der Waals surface area (Å²) in [7, 11) is 0. The Hall–Kier alpha value is -0.120. The van der Waals surface area contributed by atoms with Crippen molar-refractivity contribution in [2.75, 3.05) is 39.3 Å². The first kappa shape index (κ1) is 14.3. The van der Waals surface area contributed by atoms with Crippen LogP contribution < -0.4 is 5.32 Å². The molecule has 0 aromatic rings. The molecule has 106 valence electrons. The highest BCUT2D eigenvalue weighted by atomic mass is 15.2. The fourth-order valence-corrected chi connectivity index (χ4v) is 3.49. The van der Waals surface area contributed by atoms with E-state index in [0.29, 0.717) is 0 Å². The number of hydrogen-bond acceptors (Lipinski definition) is 3. The second-order valence-corrected chi connectivity index (χ2v) is 6.10. The fourth-order valence-electron chi connectivity index (χ4n) is 3.49. The lowest BCUT2D eigenvalue weighted by Crippen LogP contribution is -2.52. The molecule has 1 N–H and O–H groups in total. The van der Waals surface area contributed by atoms with Crippen LogP contribution in [-0.2, 0) is 0 Å². The molecule has 2 unspecified atom stereocenters. The van der Waals surface area contributed by atoms with Crippen LogP contribution in [0, 0.1) is 0 Å². The molecule has 2 saturated heterocycles. The third-order valence-electron chi connectivity index (χ3n) is 4.54. The monoisotopic (exact) mass is 253 g/mol. The number of likely N-dealkylation sites (tertiary alicyclic amines) is 2. The number of nitrogens with zero attached hydrogens (tertiary/aromatic N) is 2. The second kappa shape index (κ2) is 7.46. The Morgan fingerprint density at radius 2 is 1.89 bits per heavy atom. The van der Waals surface area contributed by atoms with Gasteiger partial charge in [-0.1, -0.05) is 13.3 Å². The Morgan fingerprint density at radius 1 is 1.11 bits per heavy atom. The molecule has 0 bridgehead atoms. The topological polar surface area (TPSA) is 18.5 Å². The number of hydrogen-bond donors (Lipinski definition) is 1. The molecule has 2 rings (SSSR count). The predicted octanol–water partition coefficient (Wildman–Crippen LogP) is 1.93. The lowest BCUT2D eigenvalue weighted by molar-refractivity contribution is 0.103. The highest BCUT2D eigenvalue weighted by Gasteiger charge is 2.24. The zero-order chi connectivity index (χ0) is 12.8.